The number of hydrazone groups is 1. The number of ether oxygens (including phenoxy) is 1. The Bertz CT molecular complexity index is 1210. The summed E-state index contributed by atoms with van der Waals surface area (Å²) in [4.78, 5) is 11.4. The average Bonchev–Trinajstić information content (AvgIpc) is 3.25. The molecule has 34 heavy (non-hydrogen) atoms. The molecule has 0 spiro atoms. The highest BCUT2D eigenvalue weighted by molar-refractivity contribution is 8.25. The Morgan fingerprint density at radius 3 is 2.24 bits per heavy atom. The molecule has 3 N–H and O–H groups in total. The van der Waals surface area contributed by atoms with Crippen LogP contribution in [-0.4, -0.2) is 32.8 Å². The Kier molecular flexibility index (Phi) is 6.56. The minimum atomic E-state index is -3.97. The monoisotopic (exact) mass is 487 g/mol. The second kappa shape index (κ2) is 9.41. The zero-order chi connectivity index (χ0) is 24.5. The maximum Gasteiger partial charge on any atom is 0.240 e. The first-order valence-corrected chi connectivity index (χ1v) is 11.9. The lowest BCUT2D eigenvalue weighted by Crippen LogP contribution is -2.24. The van der Waals surface area contributed by atoms with Crippen LogP contribution in [0.4, 0.5) is 14.5 Å². The predicted molar refractivity (Wildman–Crippen MR) is 127 cm³/mol. The second-order valence-electron chi connectivity index (χ2n) is 7.68. The SMILES string of the molecule is COc1ccc(C2CC(c3ccc(NS(O)(O)c4c(F)cccc4F)cc3)=NN2C(C)=O)cc1. The molecule has 4 rings (SSSR count). The van der Waals surface area contributed by atoms with Gasteiger partial charge < -0.3 is 4.74 Å². The van der Waals surface area contributed by atoms with Gasteiger partial charge in [0.1, 0.15) is 5.75 Å². The molecular weight excluding hydrogens is 464 g/mol. The summed E-state index contributed by atoms with van der Waals surface area (Å²) in [6.45, 7) is 1.45. The van der Waals surface area contributed by atoms with E-state index in [1.807, 2.05) is 24.3 Å². The van der Waals surface area contributed by atoms with Crippen LogP contribution < -0.4 is 9.46 Å². The van der Waals surface area contributed by atoms with E-state index >= 15 is 0 Å². The third-order valence-corrected chi connectivity index (χ3v) is 6.90. The highest BCUT2D eigenvalue weighted by Crippen LogP contribution is 2.50. The summed E-state index contributed by atoms with van der Waals surface area (Å²) >= 11 is 0. The molecule has 1 aliphatic rings. The Morgan fingerprint density at radius 1 is 1.06 bits per heavy atom. The van der Waals surface area contributed by atoms with Gasteiger partial charge in [-0.3, -0.25) is 18.6 Å². The molecule has 1 amide bonds. The third kappa shape index (κ3) is 4.74. The average molecular weight is 488 g/mol. The van der Waals surface area contributed by atoms with Crippen LogP contribution in [0.25, 0.3) is 0 Å². The molecule has 3 aromatic rings. The molecule has 1 atom stereocenters. The highest BCUT2D eigenvalue weighted by atomic mass is 32.3. The summed E-state index contributed by atoms with van der Waals surface area (Å²) in [6.07, 6.45) is 0.480. The van der Waals surface area contributed by atoms with Crippen molar-refractivity contribution in [3.8, 4) is 5.75 Å². The number of carbonyl (C=O) groups excluding carboxylic acids is 1. The number of rotatable bonds is 6. The molecule has 0 fully saturated rings. The van der Waals surface area contributed by atoms with Gasteiger partial charge in [0.25, 0.3) is 0 Å². The van der Waals surface area contributed by atoms with Crippen molar-refractivity contribution < 1.29 is 27.4 Å². The number of hydrogen-bond donors (Lipinski definition) is 3. The maximum atomic E-state index is 14.0. The van der Waals surface area contributed by atoms with Gasteiger partial charge in [-0.2, -0.15) is 5.10 Å². The van der Waals surface area contributed by atoms with Crippen molar-refractivity contribution in [1.82, 2.24) is 5.01 Å². The van der Waals surface area contributed by atoms with Crippen LogP contribution in [-0.2, 0) is 4.79 Å². The van der Waals surface area contributed by atoms with Gasteiger partial charge in [-0.05, 0) is 47.5 Å². The number of hydrogen-bond acceptors (Lipinski definition) is 6. The number of methoxy groups -OCH3 is 1. The second-order valence-corrected chi connectivity index (χ2v) is 9.39. The minimum Gasteiger partial charge on any atom is -0.497 e. The summed E-state index contributed by atoms with van der Waals surface area (Å²) in [5, 5.41) is 5.92. The van der Waals surface area contributed by atoms with E-state index in [0.29, 0.717) is 17.9 Å². The smallest absolute Gasteiger partial charge is 0.240 e. The van der Waals surface area contributed by atoms with Crippen LogP contribution in [0.2, 0.25) is 0 Å². The lowest BCUT2D eigenvalue weighted by Gasteiger charge is -2.34. The zero-order valence-electron chi connectivity index (χ0n) is 18.4. The van der Waals surface area contributed by atoms with E-state index in [1.165, 1.54) is 11.9 Å². The van der Waals surface area contributed by atoms with Gasteiger partial charge in [0, 0.05) is 13.3 Å². The molecule has 1 unspecified atom stereocenters. The van der Waals surface area contributed by atoms with Crippen LogP contribution in [0, 0.1) is 11.6 Å². The molecule has 1 heterocycles. The largest absolute Gasteiger partial charge is 0.497 e. The van der Waals surface area contributed by atoms with Crippen LogP contribution in [0.1, 0.15) is 30.5 Å². The molecule has 0 aromatic heterocycles. The number of halogens is 2. The molecule has 0 aliphatic carbocycles. The Morgan fingerprint density at radius 2 is 1.68 bits per heavy atom. The fourth-order valence-electron chi connectivity index (χ4n) is 3.76. The summed E-state index contributed by atoms with van der Waals surface area (Å²) in [6, 6.07) is 16.7. The molecule has 3 aromatic carbocycles. The molecule has 0 saturated carbocycles. The standard InChI is InChI=1S/C24H23F2N3O4S/c1-15(30)29-23(17-8-12-19(33-2)13-9-17)14-22(27-29)16-6-10-18(11-7-16)28-34(31,32)24-20(25)4-3-5-21(24)26/h3-13,23,28,31-32H,14H2,1-2H3. The van der Waals surface area contributed by atoms with E-state index in [-0.39, 0.29) is 17.6 Å². The fraction of sp³-hybridized carbons (Fsp3) is 0.167. The first kappa shape index (κ1) is 23.7. The van der Waals surface area contributed by atoms with Crippen molar-refractivity contribution in [2.45, 2.75) is 24.3 Å². The number of nitrogens with one attached hydrogen (secondary N) is 1. The van der Waals surface area contributed by atoms with Crippen molar-refractivity contribution >= 4 is 28.1 Å². The zero-order valence-corrected chi connectivity index (χ0v) is 19.2. The molecule has 0 radical (unpaired) electrons. The number of amides is 1. The molecule has 0 bridgehead atoms. The summed E-state index contributed by atoms with van der Waals surface area (Å²) in [7, 11) is -2.39. The predicted octanol–water partition coefficient (Wildman–Crippen LogP) is 5.81. The van der Waals surface area contributed by atoms with Gasteiger partial charge in [0.15, 0.2) is 16.5 Å². The van der Waals surface area contributed by atoms with Gasteiger partial charge >= 0.3 is 0 Å². The minimum absolute atomic E-state index is 0.199. The van der Waals surface area contributed by atoms with Crippen molar-refractivity contribution in [3.05, 3.63) is 89.5 Å². The van der Waals surface area contributed by atoms with Crippen LogP contribution in [0.3, 0.4) is 0 Å². The van der Waals surface area contributed by atoms with Crippen LogP contribution in [0.15, 0.2) is 76.7 Å². The van der Waals surface area contributed by atoms with Gasteiger partial charge in [-0.1, -0.05) is 41.1 Å². The van der Waals surface area contributed by atoms with E-state index in [0.717, 1.165) is 29.3 Å². The Balaban J connectivity index is 1.54. The Labute approximate surface area is 197 Å². The van der Waals surface area contributed by atoms with Crippen LogP contribution >= 0.6 is 10.8 Å². The first-order valence-electron chi connectivity index (χ1n) is 10.3. The van der Waals surface area contributed by atoms with Crippen molar-refractivity contribution in [1.29, 1.82) is 0 Å². The van der Waals surface area contributed by atoms with Gasteiger partial charge in [-0.15, -0.1) is 0 Å². The molecule has 1 aliphatic heterocycles. The summed E-state index contributed by atoms with van der Waals surface area (Å²) in [5.41, 5.74) is 2.56. The fourth-order valence-corrected chi connectivity index (χ4v) is 5.01. The van der Waals surface area contributed by atoms with Crippen LogP contribution in [0.5, 0.6) is 5.75 Å². The number of nitrogens with zero attached hydrogens (tertiary/aromatic N) is 2. The maximum absolute atomic E-state index is 14.0. The number of anilines is 1. The molecule has 7 nitrogen and oxygen atoms in total. The summed E-state index contributed by atoms with van der Waals surface area (Å²) in [5.74, 6) is -1.60. The van der Waals surface area contributed by atoms with Gasteiger partial charge in [0.05, 0.1) is 24.6 Å². The number of benzene rings is 3. The molecule has 10 heteroatoms. The lowest BCUT2D eigenvalue weighted by atomic mass is 9.98. The van der Waals surface area contributed by atoms with Crippen molar-refractivity contribution in [3.63, 3.8) is 0 Å². The van der Waals surface area contributed by atoms with E-state index in [2.05, 4.69) is 9.82 Å². The van der Waals surface area contributed by atoms with E-state index in [1.54, 1.807) is 31.4 Å². The summed E-state index contributed by atoms with van der Waals surface area (Å²) < 4.78 is 56.3. The van der Waals surface area contributed by atoms with Gasteiger partial charge in [-0.25, -0.2) is 13.8 Å². The molecule has 178 valence electrons. The van der Waals surface area contributed by atoms with E-state index in [9.17, 15) is 22.7 Å². The van der Waals surface area contributed by atoms with Crippen molar-refractivity contribution in [2.75, 3.05) is 11.8 Å². The topological polar surface area (TPSA) is 94.4 Å². The van der Waals surface area contributed by atoms with E-state index in [4.69, 9.17) is 4.74 Å². The Hall–Kier alpha value is -3.47. The lowest BCUT2D eigenvalue weighted by molar-refractivity contribution is -0.130. The first-order chi connectivity index (χ1) is 16.2. The quantitative estimate of drug-likeness (QED) is 0.408. The highest BCUT2D eigenvalue weighted by Gasteiger charge is 2.31. The molecular formula is C24H23F2N3O4S. The van der Waals surface area contributed by atoms with E-state index < -0.39 is 27.3 Å². The third-order valence-electron chi connectivity index (χ3n) is 5.42. The molecule has 0 saturated heterocycles. The van der Waals surface area contributed by atoms with Crippen molar-refractivity contribution in [2.24, 2.45) is 5.10 Å². The number of carbonyl (C=O) groups is 1. The normalized spacial score (nSPS) is 16.2. The van der Waals surface area contributed by atoms with Gasteiger partial charge in [0.2, 0.25) is 5.91 Å².